The van der Waals surface area contributed by atoms with Crippen molar-refractivity contribution in [3.8, 4) is 11.1 Å². The second-order valence-electron chi connectivity index (χ2n) is 3.88. The summed E-state index contributed by atoms with van der Waals surface area (Å²) in [5.74, 6) is 0.308. The molecular weight excluding hydrogens is 233 g/mol. The highest BCUT2D eigenvalue weighted by atomic mass is 19.1. The Morgan fingerprint density at radius 1 is 1.00 bits per heavy atom. The largest absolute Gasteiger partial charge is 0.384 e. The topological polar surface area (TPSA) is 82.2 Å². The van der Waals surface area contributed by atoms with Crippen molar-refractivity contribution < 1.29 is 4.39 Å². The molecule has 0 aliphatic carbocycles. The SMILES string of the molecule is Nc1nc2c(-c3ccc(F)cc3)ccc(N)n2n1. The maximum absolute atomic E-state index is 12.9. The van der Waals surface area contributed by atoms with E-state index in [0.29, 0.717) is 11.5 Å². The van der Waals surface area contributed by atoms with Crippen LogP contribution in [0.15, 0.2) is 36.4 Å². The number of nitrogens with two attached hydrogens (primary N) is 2. The van der Waals surface area contributed by atoms with Crippen LogP contribution in [-0.4, -0.2) is 14.6 Å². The van der Waals surface area contributed by atoms with Crippen molar-refractivity contribution in [2.45, 2.75) is 0 Å². The molecule has 3 rings (SSSR count). The van der Waals surface area contributed by atoms with Gasteiger partial charge in [-0.25, -0.2) is 4.39 Å². The molecule has 0 radical (unpaired) electrons. The van der Waals surface area contributed by atoms with Crippen molar-refractivity contribution in [2.24, 2.45) is 0 Å². The van der Waals surface area contributed by atoms with Crippen molar-refractivity contribution in [2.75, 3.05) is 11.5 Å². The third-order valence-electron chi connectivity index (χ3n) is 2.68. The molecule has 0 aliphatic heterocycles. The monoisotopic (exact) mass is 243 g/mol. The molecule has 1 aromatic carbocycles. The molecule has 0 aliphatic rings. The van der Waals surface area contributed by atoms with Gasteiger partial charge < -0.3 is 11.5 Å². The molecule has 0 spiro atoms. The lowest BCUT2D eigenvalue weighted by Crippen LogP contribution is -1.99. The first-order valence-electron chi connectivity index (χ1n) is 5.32. The van der Waals surface area contributed by atoms with E-state index in [2.05, 4.69) is 10.1 Å². The lowest BCUT2D eigenvalue weighted by atomic mass is 10.1. The minimum Gasteiger partial charge on any atom is -0.384 e. The maximum atomic E-state index is 12.9. The first-order valence-corrected chi connectivity index (χ1v) is 5.32. The molecule has 0 saturated carbocycles. The molecule has 0 fully saturated rings. The van der Waals surface area contributed by atoms with Gasteiger partial charge in [-0.05, 0) is 29.8 Å². The Labute approximate surface area is 102 Å². The van der Waals surface area contributed by atoms with Gasteiger partial charge in [-0.3, -0.25) is 0 Å². The number of hydrogen-bond donors (Lipinski definition) is 2. The van der Waals surface area contributed by atoms with Crippen LogP contribution in [-0.2, 0) is 0 Å². The minimum absolute atomic E-state index is 0.149. The van der Waals surface area contributed by atoms with Crippen LogP contribution < -0.4 is 11.5 Å². The second kappa shape index (κ2) is 3.69. The van der Waals surface area contributed by atoms with Crippen molar-refractivity contribution in [1.29, 1.82) is 0 Å². The second-order valence-corrected chi connectivity index (χ2v) is 3.88. The number of fused-ring (bicyclic) bond motifs is 1. The number of benzene rings is 1. The van der Waals surface area contributed by atoms with Crippen LogP contribution in [0.25, 0.3) is 16.8 Å². The fourth-order valence-corrected chi connectivity index (χ4v) is 1.85. The lowest BCUT2D eigenvalue weighted by Gasteiger charge is -2.04. The molecule has 6 heteroatoms. The van der Waals surface area contributed by atoms with E-state index in [4.69, 9.17) is 11.5 Å². The molecule has 18 heavy (non-hydrogen) atoms. The zero-order valence-electron chi connectivity index (χ0n) is 9.34. The van der Waals surface area contributed by atoms with Crippen LogP contribution in [0, 0.1) is 5.82 Å². The molecule has 2 aromatic heterocycles. The number of halogens is 1. The van der Waals surface area contributed by atoms with E-state index in [1.807, 2.05) is 6.07 Å². The van der Waals surface area contributed by atoms with Crippen molar-refractivity contribution in [1.82, 2.24) is 14.6 Å². The highest BCUT2D eigenvalue weighted by Crippen LogP contribution is 2.25. The average molecular weight is 243 g/mol. The predicted octanol–water partition coefficient (Wildman–Crippen LogP) is 1.70. The molecular formula is C12H10FN5. The van der Waals surface area contributed by atoms with E-state index < -0.39 is 0 Å². The number of nitrogen functional groups attached to an aromatic ring is 2. The summed E-state index contributed by atoms with van der Waals surface area (Å²) in [6.45, 7) is 0. The Balaban J connectivity index is 2.29. The van der Waals surface area contributed by atoms with Crippen LogP contribution >= 0.6 is 0 Å². The van der Waals surface area contributed by atoms with E-state index in [9.17, 15) is 4.39 Å². The Kier molecular flexibility index (Phi) is 2.16. The number of nitrogens with zero attached hydrogens (tertiary/aromatic N) is 3. The van der Waals surface area contributed by atoms with Gasteiger partial charge in [0.2, 0.25) is 5.95 Å². The first kappa shape index (κ1) is 10.5. The Bertz CT molecular complexity index is 717. The molecule has 4 N–H and O–H groups in total. The van der Waals surface area contributed by atoms with Gasteiger partial charge in [0.1, 0.15) is 11.6 Å². The van der Waals surface area contributed by atoms with E-state index in [0.717, 1.165) is 11.1 Å². The Hall–Kier alpha value is -2.63. The Morgan fingerprint density at radius 3 is 2.44 bits per heavy atom. The molecule has 3 aromatic rings. The van der Waals surface area contributed by atoms with Crippen LogP contribution in [0.4, 0.5) is 16.2 Å². The molecule has 2 heterocycles. The number of pyridine rings is 1. The quantitative estimate of drug-likeness (QED) is 0.681. The van der Waals surface area contributed by atoms with Crippen LogP contribution in [0.3, 0.4) is 0 Å². The van der Waals surface area contributed by atoms with Gasteiger partial charge in [-0.15, -0.1) is 5.10 Å². The van der Waals surface area contributed by atoms with E-state index in [1.54, 1.807) is 18.2 Å². The highest BCUT2D eigenvalue weighted by molar-refractivity contribution is 5.79. The number of hydrogen-bond acceptors (Lipinski definition) is 4. The minimum atomic E-state index is -0.286. The summed E-state index contributed by atoms with van der Waals surface area (Å²) in [6.07, 6.45) is 0. The zero-order chi connectivity index (χ0) is 12.7. The number of aromatic nitrogens is 3. The van der Waals surface area contributed by atoms with Gasteiger partial charge in [0.05, 0.1) is 0 Å². The van der Waals surface area contributed by atoms with Crippen molar-refractivity contribution in [3.63, 3.8) is 0 Å². The third kappa shape index (κ3) is 1.55. The summed E-state index contributed by atoms with van der Waals surface area (Å²) < 4.78 is 14.4. The first-order chi connectivity index (χ1) is 8.65. The lowest BCUT2D eigenvalue weighted by molar-refractivity contribution is 0.628. The molecule has 90 valence electrons. The standard InChI is InChI=1S/C12H10FN5/c13-8-3-1-7(2-4-8)9-5-6-10(14)18-11(9)16-12(15)17-18/h1-6H,14H2,(H2,15,17). The molecule has 0 amide bonds. The van der Waals surface area contributed by atoms with Gasteiger partial charge in [-0.1, -0.05) is 12.1 Å². The maximum Gasteiger partial charge on any atom is 0.240 e. The fraction of sp³-hybridized carbons (Fsp3) is 0. The fourth-order valence-electron chi connectivity index (χ4n) is 1.85. The summed E-state index contributed by atoms with van der Waals surface area (Å²) >= 11 is 0. The van der Waals surface area contributed by atoms with Crippen LogP contribution in [0.5, 0.6) is 0 Å². The van der Waals surface area contributed by atoms with Gasteiger partial charge in [0, 0.05) is 5.56 Å². The average Bonchev–Trinajstić information content (AvgIpc) is 2.74. The van der Waals surface area contributed by atoms with E-state index >= 15 is 0 Å². The molecule has 0 atom stereocenters. The van der Waals surface area contributed by atoms with E-state index in [1.165, 1.54) is 16.6 Å². The molecule has 0 unspecified atom stereocenters. The van der Waals surface area contributed by atoms with Gasteiger partial charge in [-0.2, -0.15) is 9.50 Å². The summed E-state index contributed by atoms with van der Waals surface area (Å²) in [4.78, 5) is 4.13. The number of rotatable bonds is 1. The Morgan fingerprint density at radius 2 is 1.72 bits per heavy atom. The van der Waals surface area contributed by atoms with Gasteiger partial charge in [0.25, 0.3) is 0 Å². The summed E-state index contributed by atoms with van der Waals surface area (Å²) in [5.41, 5.74) is 13.5. The predicted molar refractivity (Wildman–Crippen MR) is 67.2 cm³/mol. The molecule has 0 saturated heterocycles. The zero-order valence-corrected chi connectivity index (χ0v) is 9.34. The summed E-state index contributed by atoms with van der Waals surface area (Å²) in [5, 5.41) is 4.00. The summed E-state index contributed by atoms with van der Waals surface area (Å²) in [7, 11) is 0. The summed E-state index contributed by atoms with van der Waals surface area (Å²) in [6, 6.07) is 9.65. The van der Waals surface area contributed by atoms with E-state index in [-0.39, 0.29) is 11.8 Å². The molecule has 5 nitrogen and oxygen atoms in total. The van der Waals surface area contributed by atoms with Crippen LogP contribution in [0.2, 0.25) is 0 Å². The van der Waals surface area contributed by atoms with Crippen molar-refractivity contribution >= 4 is 17.4 Å². The normalized spacial score (nSPS) is 10.9. The van der Waals surface area contributed by atoms with Gasteiger partial charge in [0.15, 0.2) is 5.65 Å². The number of anilines is 2. The third-order valence-corrected chi connectivity index (χ3v) is 2.68. The van der Waals surface area contributed by atoms with Crippen LogP contribution in [0.1, 0.15) is 0 Å². The molecule has 0 bridgehead atoms. The van der Waals surface area contributed by atoms with Crippen molar-refractivity contribution in [3.05, 3.63) is 42.2 Å². The highest BCUT2D eigenvalue weighted by Gasteiger charge is 2.10. The van der Waals surface area contributed by atoms with Gasteiger partial charge >= 0.3 is 0 Å². The smallest absolute Gasteiger partial charge is 0.240 e.